The average Bonchev–Trinajstić information content (AvgIpc) is 3.80. The highest BCUT2D eigenvalue weighted by molar-refractivity contribution is 6.04. The third-order valence-corrected chi connectivity index (χ3v) is 7.31. The van der Waals surface area contributed by atoms with Gasteiger partial charge in [-0.05, 0) is 68.4 Å². The molecule has 2 aromatic carbocycles. The van der Waals surface area contributed by atoms with Gasteiger partial charge < -0.3 is 10.1 Å². The first kappa shape index (κ1) is 25.0. The number of carbonyl (C=O) groups is 2. The molecule has 194 valence electrons. The van der Waals surface area contributed by atoms with Crippen LogP contribution in [0.4, 0.5) is 23.2 Å². The van der Waals surface area contributed by atoms with Crippen LogP contribution in [0.25, 0.3) is 11.1 Å². The SMILES string of the molecule is COC(=O)c1cc(NC(=O)C2(c3ccc(C(F)(F)F)cc3F)CC2)ccc1-c1cnn(C(C)C2CC2)c1. The zero-order valence-electron chi connectivity index (χ0n) is 20.2. The Balaban J connectivity index is 1.40. The number of halogens is 4. The van der Waals surface area contributed by atoms with Gasteiger partial charge in [0.25, 0.3) is 0 Å². The summed E-state index contributed by atoms with van der Waals surface area (Å²) < 4.78 is 60.3. The van der Waals surface area contributed by atoms with Gasteiger partial charge in [0.15, 0.2) is 0 Å². The molecule has 6 nitrogen and oxygen atoms in total. The van der Waals surface area contributed by atoms with E-state index < -0.39 is 34.8 Å². The first-order valence-corrected chi connectivity index (χ1v) is 12.0. The second-order valence-corrected chi connectivity index (χ2v) is 9.77. The lowest BCUT2D eigenvalue weighted by molar-refractivity contribution is -0.137. The number of nitrogens with zero attached hydrogens (tertiary/aromatic N) is 2. The predicted octanol–water partition coefficient (Wildman–Crippen LogP) is 6.14. The van der Waals surface area contributed by atoms with Crippen LogP contribution in [0.15, 0.2) is 48.8 Å². The second kappa shape index (κ2) is 9.00. The van der Waals surface area contributed by atoms with Crippen LogP contribution in [-0.4, -0.2) is 28.8 Å². The highest BCUT2D eigenvalue weighted by atomic mass is 19.4. The lowest BCUT2D eigenvalue weighted by atomic mass is 9.93. The molecular formula is C27H25F4N3O3. The minimum atomic E-state index is -4.68. The fraction of sp³-hybridized carbons (Fsp3) is 0.370. The highest BCUT2D eigenvalue weighted by Gasteiger charge is 2.53. The van der Waals surface area contributed by atoms with E-state index in [1.54, 1.807) is 18.3 Å². The number of anilines is 1. The number of alkyl halides is 3. The van der Waals surface area contributed by atoms with E-state index in [0.29, 0.717) is 30.4 Å². The van der Waals surface area contributed by atoms with Crippen LogP contribution in [-0.2, 0) is 21.1 Å². The monoisotopic (exact) mass is 515 g/mol. The summed E-state index contributed by atoms with van der Waals surface area (Å²) in [5.41, 5.74) is -0.669. The van der Waals surface area contributed by atoms with Gasteiger partial charge in [-0.1, -0.05) is 12.1 Å². The number of hydrogen-bond acceptors (Lipinski definition) is 4. The number of esters is 1. The topological polar surface area (TPSA) is 73.2 Å². The molecule has 2 aliphatic rings. The number of benzene rings is 2. The minimum Gasteiger partial charge on any atom is -0.465 e. The Morgan fingerprint density at radius 2 is 1.89 bits per heavy atom. The molecule has 1 aromatic heterocycles. The number of rotatable bonds is 7. The molecule has 2 fully saturated rings. The van der Waals surface area contributed by atoms with Crippen molar-refractivity contribution < 1.29 is 31.9 Å². The van der Waals surface area contributed by atoms with Crippen LogP contribution in [0.3, 0.4) is 0 Å². The predicted molar refractivity (Wildman–Crippen MR) is 127 cm³/mol. The van der Waals surface area contributed by atoms with Crippen molar-refractivity contribution in [1.29, 1.82) is 0 Å². The zero-order chi connectivity index (χ0) is 26.5. The summed E-state index contributed by atoms with van der Waals surface area (Å²) in [4.78, 5) is 25.7. The summed E-state index contributed by atoms with van der Waals surface area (Å²) >= 11 is 0. The molecule has 1 N–H and O–H groups in total. The number of hydrogen-bond donors (Lipinski definition) is 1. The van der Waals surface area contributed by atoms with Gasteiger partial charge in [-0.3, -0.25) is 9.48 Å². The molecule has 2 saturated carbocycles. The standard InChI is InChI=1S/C27H25F4N3O3/c1-15(16-3-4-16)34-14-17(13-32-34)20-7-6-19(12-21(20)24(35)37-2)33-25(36)26(9-10-26)22-8-5-18(11-23(22)28)27(29,30)31/h5-8,11-16H,3-4,9-10H2,1-2H3,(H,33,36). The van der Waals surface area contributed by atoms with E-state index in [1.165, 1.54) is 13.2 Å². The van der Waals surface area contributed by atoms with Crippen molar-refractivity contribution >= 4 is 17.6 Å². The molecule has 3 aromatic rings. The molecule has 0 bridgehead atoms. The number of aromatic nitrogens is 2. The Morgan fingerprint density at radius 3 is 2.49 bits per heavy atom. The fourth-order valence-corrected chi connectivity index (χ4v) is 4.72. The van der Waals surface area contributed by atoms with Gasteiger partial charge in [0.2, 0.25) is 5.91 Å². The largest absolute Gasteiger partial charge is 0.465 e. The van der Waals surface area contributed by atoms with Gasteiger partial charge in [0.1, 0.15) is 5.82 Å². The van der Waals surface area contributed by atoms with Gasteiger partial charge >= 0.3 is 12.1 Å². The minimum absolute atomic E-state index is 0.0833. The average molecular weight is 516 g/mol. The van der Waals surface area contributed by atoms with Crippen LogP contribution in [0, 0.1) is 11.7 Å². The summed E-state index contributed by atoms with van der Waals surface area (Å²) in [5, 5.41) is 7.15. The molecule has 1 amide bonds. The molecule has 5 rings (SSSR count). The maximum Gasteiger partial charge on any atom is 0.416 e. The van der Waals surface area contributed by atoms with Crippen molar-refractivity contribution in [1.82, 2.24) is 9.78 Å². The quantitative estimate of drug-likeness (QED) is 0.303. The number of ether oxygens (including phenoxy) is 1. The smallest absolute Gasteiger partial charge is 0.416 e. The molecule has 1 atom stereocenters. The molecule has 0 saturated heterocycles. The molecule has 10 heteroatoms. The molecule has 0 radical (unpaired) electrons. The summed E-state index contributed by atoms with van der Waals surface area (Å²) in [5.74, 6) is -1.65. The van der Waals surface area contributed by atoms with Crippen molar-refractivity contribution in [2.24, 2.45) is 5.92 Å². The van der Waals surface area contributed by atoms with Gasteiger partial charge in [-0.15, -0.1) is 0 Å². The van der Waals surface area contributed by atoms with Crippen LogP contribution >= 0.6 is 0 Å². The summed E-state index contributed by atoms with van der Waals surface area (Å²) in [6.07, 6.45) is 1.77. The Hall–Kier alpha value is -3.69. The molecule has 0 aliphatic heterocycles. The van der Waals surface area contributed by atoms with Crippen molar-refractivity contribution in [3.05, 3.63) is 71.3 Å². The number of nitrogens with one attached hydrogen (secondary N) is 1. The number of amides is 1. The van der Waals surface area contributed by atoms with Crippen LogP contribution in [0.5, 0.6) is 0 Å². The zero-order valence-corrected chi connectivity index (χ0v) is 20.2. The molecule has 0 spiro atoms. The fourth-order valence-electron chi connectivity index (χ4n) is 4.72. The molecule has 1 heterocycles. The highest BCUT2D eigenvalue weighted by Crippen LogP contribution is 2.50. The Bertz CT molecular complexity index is 1370. The number of methoxy groups -OCH3 is 1. The van der Waals surface area contributed by atoms with Crippen LogP contribution in [0.2, 0.25) is 0 Å². The lowest BCUT2D eigenvalue weighted by Crippen LogP contribution is -2.29. The molecule has 37 heavy (non-hydrogen) atoms. The normalized spacial score (nSPS) is 17.2. The van der Waals surface area contributed by atoms with E-state index >= 15 is 0 Å². The van der Waals surface area contributed by atoms with E-state index in [2.05, 4.69) is 17.3 Å². The van der Waals surface area contributed by atoms with Crippen molar-refractivity contribution in [2.75, 3.05) is 12.4 Å². The third-order valence-electron chi connectivity index (χ3n) is 7.31. The maximum absolute atomic E-state index is 14.6. The van der Waals surface area contributed by atoms with Crippen LogP contribution < -0.4 is 5.32 Å². The van der Waals surface area contributed by atoms with Crippen molar-refractivity contribution in [3.8, 4) is 11.1 Å². The van der Waals surface area contributed by atoms with E-state index in [9.17, 15) is 27.2 Å². The third kappa shape index (κ3) is 4.72. The van der Waals surface area contributed by atoms with Gasteiger partial charge in [0, 0.05) is 23.0 Å². The first-order valence-electron chi connectivity index (χ1n) is 12.0. The maximum atomic E-state index is 14.6. The molecular weight excluding hydrogens is 490 g/mol. The second-order valence-electron chi connectivity index (χ2n) is 9.77. The van der Waals surface area contributed by atoms with E-state index in [0.717, 1.165) is 30.5 Å². The van der Waals surface area contributed by atoms with Crippen molar-refractivity contribution in [2.45, 2.75) is 50.2 Å². The summed E-state index contributed by atoms with van der Waals surface area (Å²) in [7, 11) is 1.25. The summed E-state index contributed by atoms with van der Waals surface area (Å²) in [6.45, 7) is 2.10. The Kier molecular flexibility index (Phi) is 6.08. The van der Waals surface area contributed by atoms with E-state index in [1.807, 2.05) is 10.9 Å². The first-order chi connectivity index (χ1) is 17.5. The molecule has 2 aliphatic carbocycles. The van der Waals surface area contributed by atoms with Gasteiger partial charge in [-0.25, -0.2) is 9.18 Å². The molecule has 1 unspecified atom stereocenters. The summed E-state index contributed by atoms with van der Waals surface area (Å²) in [6, 6.07) is 7.21. The van der Waals surface area contributed by atoms with E-state index in [-0.39, 0.29) is 22.9 Å². The van der Waals surface area contributed by atoms with Crippen molar-refractivity contribution in [3.63, 3.8) is 0 Å². The Labute approximate surface area is 210 Å². The van der Waals surface area contributed by atoms with Gasteiger partial charge in [0.05, 0.1) is 35.9 Å². The lowest BCUT2D eigenvalue weighted by Gasteiger charge is -2.18. The van der Waals surface area contributed by atoms with E-state index in [4.69, 9.17) is 4.74 Å². The number of carbonyl (C=O) groups excluding carboxylic acids is 2. The van der Waals surface area contributed by atoms with Crippen LogP contribution in [0.1, 0.15) is 60.1 Å². The van der Waals surface area contributed by atoms with Gasteiger partial charge in [-0.2, -0.15) is 18.3 Å². The Morgan fingerprint density at radius 1 is 1.16 bits per heavy atom.